The maximum absolute atomic E-state index is 11.8. The van der Waals surface area contributed by atoms with E-state index in [-0.39, 0.29) is 17.5 Å². The first-order chi connectivity index (χ1) is 12.0. The third kappa shape index (κ3) is 3.89. The minimum absolute atomic E-state index is 0.0844. The van der Waals surface area contributed by atoms with Gasteiger partial charge in [-0.2, -0.15) is 10.1 Å². The molecule has 0 bridgehead atoms. The Bertz CT molecular complexity index is 813. The Morgan fingerprint density at radius 3 is 2.52 bits per heavy atom. The van der Waals surface area contributed by atoms with E-state index in [1.165, 1.54) is 0 Å². The zero-order chi connectivity index (χ0) is 17.9. The summed E-state index contributed by atoms with van der Waals surface area (Å²) in [6, 6.07) is 9.89. The van der Waals surface area contributed by atoms with Crippen LogP contribution in [0.4, 0.5) is 17.5 Å². The average Bonchev–Trinajstić information content (AvgIpc) is 2.97. The first kappa shape index (κ1) is 17.6. The molecule has 134 valence electrons. The van der Waals surface area contributed by atoms with Crippen LogP contribution >= 0.6 is 0 Å². The molecule has 7 nitrogen and oxygen atoms in total. The van der Waals surface area contributed by atoms with E-state index in [0.29, 0.717) is 24.7 Å². The molecule has 1 unspecified atom stereocenters. The van der Waals surface area contributed by atoms with Gasteiger partial charge in [0.05, 0.1) is 17.7 Å². The maximum Gasteiger partial charge on any atom is 0.247 e. The largest absolute Gasteiger partial charge is 0.336 e. The van der Waals surface area contributed by atoms with Gasteiger partial charge in [0.1, 0.15) is 0 Å². The van der Waals surface area contributed by atoms with E-state index in [1.54, 1.807) is 6.20 Å². The fourth-order valence-electron chi connectivity index (χ4n) is 3.21. The molecule has 0 spiro atoms. The average molecular weight is 361 g/mol. The van der Waals surface area contributed by atoms with Crippen molar-refractivity contribution in [3.05, 3.63) is 36.5 Å². The predicted molar refractivity (Wildman–Crippen MR) is 99.0 cm³/mol. The minimum Gasteiger partial charge on any atom is -0.336 e. The number of aromatic nitrogens is 3. The Balaban J connectivity index is 1.90. The molecule has 0 amide bonds. The van der Waals surface area contributed by atoms with Crippen LogP contribution in [0.2, 0.25) is 0 Å². The highest BCUT2D eigenvalue weighted by molar-refractivity contribution is 7.91. The number of nitrogens with zero attached hydrogens (tertiary/aromatic N) is 5. The Morgan fingerprint density at radius 2 is 1.92 bits per heavy atom. The predicted octanol–water partition coefficient (Wildman–Crippen LogP) is 2.04. The highest BCUT2D eigenvalue weighted by atomic mass is 32.2. The van der Waals surface area contributed by atoms with E-state index in [0.717, 1.165) is 12.2 Å². The van der Waals surface area contributed by atoms with Crippen molar-refractivity contribution < 1.29 is 8.42 Å². The van der Waals surface area contributed by atoms with Crippen molar-refractivity contribution in [3.63, 3.8) is 0 Å². The lowest BCUT2D eigenvalue weighted by Crippen LogP contribution is -2.37. The SMILES string of the molecule is CCN(c1ccccc1)c1cnnc(N(CC)C2CCS(=O)(=O)C2)n1. The van der Waals surface area contributed by atoms with Crippen LogP contribution in [0.5, 0.6) is 0 Å². The Hall–Kier alpha value is -2.22. The number of hydrogen-bond donors (Lipinski definition) is 0. The molecule has 3 rings (SSSR count). The molecule has 2 heterocycles. The number of anilines is 3. The zero-order valence-corrected chi connectivity index (χ0v) is 15.4. The topological polar surface area (TPSA) is 79.3 Å². The molecule has 1 saturated heterocycles. The minimum atomic E-state index is -2.96. The van der Waals surface area contributed by atoms with Crippen molar-refractivity contribution in [2.24, 2.45) is 0 Å². The van der Waals surface area contributed by atoms with Gasteiger partial charge in [0, 0.05) is 24.8 Å². The normalized spacial score (nSPS) is 18.9. The second-order valence-electron chi connectivity index (χ2n) is 6.04. The molecule has 1 aliphatic rings. The monoisotopic (exact) mass is 361 g/mol. The van der Waals surface area contributed by atoms with Gasteiger partial charge in [-0.25, -0.2) is 8.42 Å². The van der Waals surface area contributed by atoms with Crippen molar-refractivity contribution in [1.29, 1.82) is 0 Å². The van der Waals surface area contributed by atoms with E-state index in [9.17, 15) is 8.42 Å². The first-order valence-electron chi connectivity index (χ1n) is 8.53. The van der Waals surface area contributed by atoms with Crippen LogP contribution in [0, 0.1) is 0 Å². The molecule has 25 heavy (non-hydrogen) atoms. The van der Waals surface area contributed by atoms with E-state index in [2.05, 4.69) is 27.0 Å². The summed E-state index contributed by atoms with van der Waals surface area (Å²) in [5.41, 5.74) is 1.03. The molecule has 0 N–H and O–H groups in total. The molecule has 1 aromatic carbocycles. The third-order valence-electron chi connectivity index (χ3n) is 4.44. The van der Waals surface area contributed by atoms with Gasteiger partial charge in [0.2, 0.25) is 5.95 Å². The van der Waals surface area contributed by atoms with Gasteiger partial charge in [0.15, 0.2) is 15.7 Å². The first-order valence-corrected chi connectivity index (χ1v) is 10.4. The van der Waals surface area contributed by atoms with Gasteiger partial charge in [-0.3, -0.25) is 0 Å². The van der Waals surface area contributed by atoms with Gasteiger partial charge in [-0.05, 0) is 32.4 Å². The molecule has 2 aromatic rings. The number of para-hydroxylation sites is 1. The Labute approximate surface area is 148 Å². The van der Waals surface area contributed by atoms with Crippen LogP contribution in [0.15, 0.2) is 36.5 Å². The molecular formula is C17H23N5O2S. The lowest BCUT2D eigenvalue weighted by Gasteiger charge is -2.28. The van der Waals surface area contributed by atoms with E-state index in [1.807, 2.05) is 42.2 Å². The van der Waals surface area contributed by atoms with Crippen LogP contribution in [-0.2, 0) is 9.84 Å². The van der Waals surface area contributed by atoms with E-state index in [4.69, 9.17) is 0 Å². The lowest BCUT2D eigenvalue weighted by molar-refractivity contribution is 0.598. The van der Waals surface area contributed by atoms with Crippen molar-refractivity contribution in [3.8, 4) is 0 Å². The Kier molecular flexibility index (Phi) is 5.17. The lowest BCUT2D eigenvalue weighted by atomic mass is 10.2. The second-order valence-corrected chi connectivity index (χ2v) is 8.27. The Morgan fingerprint density at radius 1 is 1.16 bits per heavy atom. The molecule has 1 fully saturated rings. The van der Waals surface area contributed by atoms with Crippen LogP contribution < -0.4 is 9.80 Å². The highest BCUT2D eigenvalue weighted by Gasteiger charge is 2.33. The summed E-state index contributed by atoms with van der Waals surface area (Å²) in [5.74, 6) is 1.58. The zero-order valence-electron chi connectivity index (χ0n) is 14.5. The summed E-state index contributed by atoms with van der Waals surface area (Å²) in [5, 5.41) is 8.27. The smallest absolute Gasteiger partial charge is 0.247 e. The second kappa shape index (κ2) is 7.35. The number of hydrogen-bond acceptors (Lipinski definition) is 7. The number of sulfone groups is 1. The standard InChI is InChI=1S/C17H23N5O2S/c1-3-21(14-8-6-5-7-9-14)16-12-18-20-17(19-16)22(4-2)15-10-11-25(23,24)13-15/h5-9,12,15H,3-4,10-11,13H2,1-2H3. The molecular weight excluding hydrogens is 338 g/mol. The molecule has 0 saturated carbocycles. The van der Waals surface area contributed by atoms with Crippen LogP contribution in [0.1, 0.15) is 20.3 Å². The molecule has 1 atom stereocenters. The fraction of sp³-hybridized carbons (Fsp3) is 0.471. The van der Waals surface area contributed by atoms with Crippen LogP contribution in [-0.4, -0.2) is 54.2 Å². The molecule has 1 aliphatic heterocycles. The third-order valence-corrected chi connectivity index (χ3v) is 6.19. The molecule has 1 aromatic heterocycles. The summed E-state index contributed by atoms with van der Waals surface area (Å²) >= 11 is 0. The fourth-order valence-corrected chi connectivity index (χ4v) is 4.94. The van der Waals surface area contributed by atoms with Gasteiger partial charge < -0.3 is 9.80 Å². The number of rotatable bonds is 6. The van der Waals surface area contributed by atoms with E-state index >= 15 is 0 Å². The maximum atomic E-state index is 11.8. The number of benzene rings is 1. The molecule has 8 heteroatoms. The van der Waals surface area contributed by atoms with Gasteiger partial charge >= 0.3 is 0 Å². The summed E-state index contributed by atoms with van der Waals surface area (Å²) in [7, 11) is -2.96. The summed E-state index contributed by atoms with van der Waals surface area (Å²) < 4.78 is 23.6. The van der Waals surface area contributed by atoms with Crippen molar-refractivity contribution in [2.75, 3.05) is 34.4 Å². The summed E-state index contributed by atoms with van der Waals surface area (Å²) in [6.07, 6.45) is 2.25. The van der Waals surface area contributed by atoms with Crippen molar-refractivity contribution in [1.82, 2.24) is 15.2 Å². The summed E-state index contributed by atoms with van der Waals surface area (Å²) in [4.78, 5) is 8.66. The van der Waals surface area contributed by atoms with Crippen molar-refractivity contribution >= 4 is 27.3 Å². The van der Waals surface area contributed by atoms with Gasteiger partial charge in [0.25, 0.3) is 0 Å². The quantitative estimate of drug-likeness (QED) is 0.779. The summed E-state index contributed by atoms with van der Waals surface area (Å²) in [6.45, 7) is 5.42. The van der Waals surface area contributed by atoms with Crippen LogP contribution in [0.25, 0.3) is 0 Å². The van der Waals surface area contributed by atoms with Gasteiger partial charge in [-0.15, -0.1) is 5.10 Å². The van der Waals surface area contributed by atoms with Crippen molar-refractivity contribution in [2.45, 2.75) is 26.3 Å². The molecule has 0 aliphatic carbocycles. The van der Waals surface area contributed by atoms with Crippen LogP contribution in [0.3, 0.4) is 0 Å². The van der Waals surface area contributed by atoms with E-state index < -0.39 is 9.84 Å². The molecule has 0 radical (unpaired) electrons. The highest BCUT2D eigenvalue weighted by Crippen LogP contribution is 2.25. The van der Waals surface area contributed by atoms with Gasteiger partial charge in [-0.1, -0.05) is 18.2 Å².